The van der Waals surface area contributed by atoms with Gasteiger partial charge in [-0.3, -0.25) is 4.79 Å². The van der Waals surface area contributed by atoms with Crippen molar-refractivity contribution in [2.24, 2.45) is 0 Å². The Kier molecular flexibility index (Phi) is 4.01. The van der Waals surface area contributed by atoms with E-state index in [0.29, 0.717) is 22.7 Å². The quantitative estimate of drug-likeness (QED) is 0.729. The van der Waals surface area contributed by atoms with Crippen LogP contribution in [0.15, 0.2) is 42.5 Å². The summed E-state index contributed by atoms with van der Waals surface area (Å²) in [6.07, 6.45) is 0. The number of phenolic OH excluding ortho intramolecular Hbond substituents is 1. The first-order valence-corrected chi connectivity index (χ1v) is 7.58. The summed E-state index contributed by atoms with van der Waals surface area (Å²) in [6, 6.07) is 12.7. The number of benzene rings is 2. The van der Waals surface area contributed by atoms with Crippen LogP contribution in [0.1, 0.15) is 18.2 Å². The molecule has 118 valence electrons. The van der Waals surface area contributed by atoms with Crippen molar-refractivity contribution in [1.29, 1.82) is 0 Å². The smallest absolute Gasteiger partial charge is 0.308 e. The highest BCUT2D eigenvalue weighted by Crippen LogP contribution is 2.35. The minimum atomic E-state index is -0.387. The van der Waals surface area contributed by atoms with Gasteiger partial charge in [-0.05, 0) is 42.8 Å². The second kappa shape index (κ2) is 5.97. The predicted molar refractivity (Wildman–Crippen MR) is 90.2 cm³/mol. The number of aromatic hydroxyl groups is 1. The van der Waals surface area contributed by atoms with E-state index in [4.69, 9.17) is 16.3 Å². The van der Waals surface area contributed by atoms with E-state index in [1.54, 1.807) is 12.1 Å². The molecule has 0 amide bonds. The Balaban J connectivity index is 2.14. The lowest BCUT2D eigenvalue weighted by atomic mass is 10.2. The zero-order valence-electron chi connectivity index (χ0n) is 12.8. The molecule has 4 nitrogen and oxygen atoms in total. The molecule has 0 atom stereocenters. The van der Waals surface area contributed by atoms with Gasteiger partial charge in [0.05, 0.1) is 11.2 Å². The van der Waals surface area contributed by atoms with Crippen molar-refractivity contribution in [2.45, 2.75) is 20.4 Å². The molecule has 0 saturated heterocycles. The maximum absolute atomic E-state index is 11.4. The summed E-state index contributed by atoms with van der Waals surface area (Å²) in [4.78, 5) is 11.4. The SMILES string of the molecule is CC(=O)Oc1c(C)n(Cc2ccc(Cl)cc2)c2ccc(O)cc12. The normalized spacial score (nSPS) is 10.9. The number of esters is 1. The zero-order valence-corrected chi connectivity index (χ0v) is 13.6. The molecule has 23 heavy (non-hydrogen) atoms. The Morgan fingerprint density at radius 1 is 1.22 bits per heavy atom. The van der Waals surface area contributed by atoms with E-state index < -0.39 is 0 Å². The summed E-state index contributed by atoms with van der Waals surface area (Å²) in [5.74, 6) is 0.230. The van der Waals surface area contributed by atoms with Gasteiger partial charge in [0.2, 0.25) is 0 Å². The summed E-state index contributed by atoms with van der Waals surface area (Å²) in [6.45, 7) is 3.88. The average Bonchev–Trinajstić information content (AvgIpc) is 2.74. The molecule has 3 rings (SSSR count). The fraction of sp³-hybridized carbons (Fsp3) is 0.167. The van der Waals surface area contributed by atoms with E-state index in [-0.39, 0.29) is 11.7 Å². The molecule has 0 saturated carbocycles. The van der Waals surface area contributed by atoms with Crippen LogP contribution in [0.3, 0.4) is 0 Å². The van der Waals surface area contributed by atoms with Crippen LogP contribution in [0.2, 0.25) is 5.02 Å². The second-order valence-corrected chi connectivity index (χ2v) is 5.86. The Hall–Kier alpha value is -2.46. The van der Waals surface area contributed by atoms with E-state index in [0.717, 1.165) is 16.8 Å². The number of halogens is 1. The minimum absolute atomic E-state index is 0.134. The van der Waals surface area contributed by atoms with E-state index >= 15 is 0 Å². The number of hydrogen-bond donors (Lipinski definition) is 1. The molecule has 0 unspecified atom stereocenters. The number of aromatic nitrogens is 1. The number of carbonyl (C=O) groups is 1. The zero-order chi connectivity index (χ0) is 16.6. The van der Waals surface area contributed by atoms with Crippen molar-refractivity contribution in [3.05, 3.63) is 58.7 Å². The van der Waals surface area contributed by atoms with Crippen LogP contribution in [0.25, 0.3) is 10.9 Å². The van der Waals surface area contributed by atoms with Gasteiger partial charge in [0, 0.05) is 23.9 Å². The van der Waals surface area contributed by atoms with Gasteiger partial charge >= 0.3 is 5.97 Å². The number of phenols is 1. The molecular formula is C18H16ClNO3. The fourth-order valence-electron chi connectivity index (χ4n) is 2.69. The largest absolute Gasteiger partial charge is 0.508 e. The predicted octanol–water partition coefficient (Wildman–Crippen LogP) is 4.28. The molecule has 0 aliphatic heterocycles. The van der Waals surface area contributed by atoms with Gasteiger partial charge in [-0.1, -0.05) is 23.7 Å². The van der Waals surface area contributed by atoms with E-state index in [1.165, 1.54) is 6.92 Å². The van der Waals surface area contributed by atoms with Crippen LogP contribution >= 0.6 is 11.6 Å². The summed E-state index contributed by atoms with van der Waals surface area (Å²) < 4.78 is 7.41. The van der Waals surface area contributed by atoms with E-state index in [1.807, 2.05) is 37.3 Å². The number of fused-ring (bicyclic) bond motifs is 1. The maximum atomic E-state index is 11.4. The molecule has 0 fully saturated rings. The molecule has 1 heterocycles. The highest BCUT2D eigenvalue weighted by molar-refractivity contribution is 6.30. The van der Waals surface area contributed by atoms with Crippen molar-refractivity contribution in [2.75, 3.05) is 0 Å². The van der Waals surface area contributed by atoms with Gasteiger partial charge in [0.15, 0.2) is 5.75 Å². The Morgan fingerprint density at radius 3 is 2.57 bits per heavy atom. The summed E-state index contributed by atoms with van der Waals surface area (Å²) >= 11 is 5.93. The Bertz CT molecular complexity index is 881. The van der Waals surface area contributed by atoms with Gasteiger partial charge < -0.3 is 14.4 Å². The van der Waals surface area contributed by atoms with Gasteiger partial charge in [-0.25, -0.2) is 0 Å². The fourth-order valence-corrected chi connectivity index (χ4v) is 2.81. The first kappa shape index (κ1) is 15.4. The molecule has 3 aromatic rings. The third-order valence-electron chi connectivity index (χ3n) is 3.75. The maximum Gasteiger partial charge on any atom is 0.308 e. The summed E-state index contributed by atoms with van der Waals surface area (Å²) in [7, 11) is 0. The minimum Gasteiger partial charge on any atom is -0.508 e. The molecule has 2 aromatic carbocycles. The van der Waals surface area contributed by atoms with Gasteiger partial charge in [-0.2, -0.15) is 0 Å². The van der Waals surface area contributed by atoms with Crippen molar-refractivity contribution >= 4 is 28.5 Å². The molecular weight excluding hydrogens is 314 g/mol. The van der Waals surface area contributed by atoms with Gasteiger partial charge in [0.1, 0.15) is 5.75 Å². The van der Waals surface area contributed by atoms with Gasteiger partial charge in [0.25, 0.3) is 0 Å². The number of carbonyl (C=O) groups excluding carboxylic acids is 1. The van der Waals surface area contributed by atoms with Crippen molar-refractivity contribution in [3.8, 4) is 11.5 Å². The number of rotatable bonds is 3. The molecule has 0 spiro atoms. The monoisotopic (exact) mass is 329 g/mol. The third-order valence-corrected chi connectivity index (χ3v) is 4.00. The summed E-state index contributed by atoms with van der Waals surface area (Å²) in [5.41, 5.74) is 2.80. The molecule has 0 aliphatic carbocycles. The Morgan fingerprint density at radius 2 is 1.91 bits per heavy atom. The molecule has 0 bridgehead atoms. The van der Waals surface area contributed by atoms with Crippen LogP contribution < -0.4 is 4.74 Å². The Labute approximate surface area is 138 Å². The van der Waals surface area contributed by atoms with Crippen LogP contribution in [-0.2, 0) is 11.3 Å². The first-order chi connectivity index (χ1) is 11.0. The molecule has 0 aliphatic rings. The molecule has 5 heteroatoms. The van der Waals surface area contributed by atoms with E-state index in [9.17, 15) is 9.90 Å². The van der Waals surface area contributed by atoms with Crippen LogP contribution in [-0.4, -0.2) is 15.6 Å². The highest BCUT2D eigenvalue weighted by atomic mass is 35.5. The highest BCUT2D eigenvalue weighted by Gasteiger charge is 2.17. The molecule has 0 radical (unpaired) electrons. The lowest BCUT2D eigenvalue weighted by Gasteiger charge is -2.09. The molecule has 1 N–H and O–H groups in total. The lowest BCUT2D eigenvalue weighted by molar-refractivity contribution is -0.131. The van der Waals surface area contributed by atoms with E-state index in [2.05, 4.69) is 4.57 Å². The van der Waals surface area contributed by atoms with Crippen molar-refractivity contribution in [3.63, 3.8) is 0 Å². The second-order valence-electron chi connectivity index (χ2n) is 5.42. The third kappa shape index (κ3) is 3.03. The molecule has 1 aromatic heterocycles. The first-order valence-electron chi connectivity index (χ1n) is 7.20. The number of hydrogen-bond acceptors (Lipinski definition) is 3. The van der Waals surface area contributed by atoms with Gasteiger partial charge in [-0.15, -0.1) is 0 Å². The number of nitrogens with zero attached hydrogens (tertiary/aromatic N) is 1. The van der Waals surface area contributed by atoms with Crippen molar-refractivity contribution < 1.29 is 14.6 Å². The van der Waals surface area contributed by atoms with Crippen LogP contribution in [0.4, 0.5) is 0 Å². The van der Waals surface area contributed by atoms with Crippen molar-refractivity contribution in [1.82, 2.24) is 4.57 Å². The summed E-state index contributed by atoms with van der Waals surface area (Å²) in [5, 5.41) is 11.1. The lowest BCUT2D eigenvalue weighted by Crippen LogP contribution is -2.05. The van der Waals surface area contributed by atoms with Crippen LogP contribution in [0, 0.1) is 6.92 Å². The number of ether oxygens (including phenoxy) is 1. The van der Waals surface area contributed by atoms with Crippen LogP contribution in [0.5, 0.6) is 11.5 Å². The topological polar surface area (TPSA) is 51.5 Å². The average molecular weight is 330 g/mol. The standard InChI is InChI=1S/C18H16ClNO3/c1-11-18(23-12(2)21)16-9-15(22)7-8-17(16)20(11)10-13-3-5-14(19)6-4-13/h3-9,22H,10H2,1-2H3.